The van der Waals surface area contributed by atoms with E-state index in [2.05, 4.69) is 10.2 Å². The maximum absolute atomic E-state index is 11.8. The predicted molar refractivity (Wildman–Crippen MR) is 64.0 cm³/mol. The monoisotopic (exact) mass is 237 g/mol. The predicted octanol–water partition coefficient (Wildman–Crippen LogP) is 2.19. The van der Waals surface area contributed by atoms with E-state index >= 15 is 0 Å². The molecule has 0 fully saturated rings. The Morgan fingerprint density at radius 1 is 1.41 bits per heavy atom. The Kier molecular flexibility index (Phi) is 5.13. The molecule has 0 unspecified atom stereocenters. The third kappa shape index (κ3) is 3.55. The zero-order valence-corrected chi connectivity index (χ0v) is 10.1. The van der Waals surface area contributed by atoms with Crippen LogP contribution in [0.2, 0.25) is 0 Å². The van der Waals surface area contributed by atoms with Crippen molar-refractivity contribution < 1.29 is 14.6 Å². The largest absolute Gasteiger partial charge is 0.352 e. The van der Waals surface area contributed by atoms with E-state index in [9.17, 15) is 9.70 Å². The molecule has 0 saturated carbocycles. The molecule has 92 valence electrons. The van der Waals surface area contributed by atoms with Crippen LogP contribution in [0.4, 0.5) is 5.69 Å². The van der Waals surface area contributed by atoms with E-state index in [4.69, 9.17) is 0 Å². The van der Waals surface area contributed by atoms with E-state index in [0.29, 0.717) is 17.0 Å². The third-order valence-corrected chi connectivity index (χ3v) is 2.33. The molecule has 1 aromatic carbocycles. The molecule has 0 bridgehead atoms. The number of nitrogens with zero attached hydrogens (tertiary/aromatic N) is 1. The smallest absolute Gasteiger partial charge is 0.329 e. The van der Waals surface area contributed by atoms with Gasteiger partial charge in [0.05, 0.1) is 4.91 Å². The van der Waals surface area contributed by atoms with E-state index < -0.39 is 0 Å². The third-order valence-electron chi connectivity index (χ3n) is 2.33. The van der Waals surface area contributed by atoms with Gasteiger partial charge in [-0.05, 0) is 12.5 Å². The molecule has 5 heteroatoms. The molecule has 1 amide bonds. The highest BCUT2D eigenvalue weighted by Crippen LogP contribution is 2.17. The summed E-state index contributed by atoms with van der Waals surface area (Å²) in [5.74, 6) is -0.257. The van der Waals surface area contributed by atoms with Crippen molar-refractivity contribution in [2.45, 2.75) is 19.8 Å². The molecule has 1 N–H and O–H groups in total. The first-order valence-corrected chi connectivity index (χ1v) is 5.59. The van der Waals surface area contributed by atoms with Crippen LogP contribution in [0, 0.1) is 4.91 Å². The molecule has 1 aromatic rings. The Morgan fingerprint density at radius 3 is 2.76 bits per heavy atom. The first kappa shape index (κ1) is 13.2. The molecule has 0 radical (unpaired) electrons. The summed E-state index contributed by atoms with van der Waals surface area (Å²) in [5, 5.41) is 2.76. The Bertz CT molecular complexity index is 404. The minimum absolute atomic E-state index is 0.212. The van der Waals surface area contributed by atoms with E-state index in [0.717, 1.165) is 12.8 Å². The average Bonchev–Trinajstić information content (AvgIpc) is 2.38. The van der Waals surface area contributed by atoms with Gasteiger partial charge in [0.1, 0.15) is 5.56 Å². The van der Waals surface area contributed by atoms with Gasteiger partial charge in [-0.15, -0.1) is 0 Å². The lowest BCUT2D eigenvalue weighted by Crippen LogP contribution is -2.25. The maximum atomic E-state index is 11.8. The lowest BCUT2D eigenvalue weighted by atomic mass is 10.1. The van der Waals surface area contributed by atoms with Gasteiger partial charge in [0, 0.05) is 12.6 Å². The normalized spacial score (nSPS) is 9.76. The number of nitrogens with one attached hydrogen (secondary N) is 1. The van der Waals surface area contributed by atoms with Gasteiger partial charge in [-0.3, -0.25) is 4.79 Å². The highest BCUT2D eigenvalue weighted by Gasteiger charge is 2.24. The lowest BCUT2D eigenvalue weighted by molar-refractivity contribution is -0.736. The molecule has 0 aliphatic heterocycles. The molecule has 0 saturated heterocycles. The second-order valence-corrected chi connectivity index (χ2v) is 3.57. The van der Waals surface area contributed by atoms with Crippen LogP contribution in [-0.4, -0.2) is 24.5 Å². The quantitative estimate of drug-likeness (QED) is 0.609. The van der Waals surface area contributed by atoms with Crippen LogP contribution >= 0.6 is 0 Å². The number of para-hydroxylation sites is 1. The van der Waals surface area contributed by atoms with E-state index in [1.165, 1.54) is 7.11 Å². The average molecular weight is 237 g/mol. The molecular formula is C12H17N2O3+. The summed E-state index contributed by atoms with van der Waals surface area (Å²) in [6.45, 7) is 2.65. The van der Waals surface area contributed by atoms with Gasteiger partial charge in [0.2, 0.25) is 0 Å². The molecule has 5 nitrogen and oxygen atoms in total. The van der Waals surface area contributed by atoms with Gasteiger partial charge in [0.25, 0.3) is 10.8 Å². The van der Waals surface area contributed by atoms with Gasteiger partial charge in [0.15, 0.2) is 7.11 Å². The minimum Gasteiger partial charge on any atom is -0.352 e. The Balaban J connectivity index is 2.82. The van der Waals surface area contributed by atoms with Crippen molar-refractivity contribution in [2.75, 3.05) is 13.7 Å². The SMILES string of the molecule is CCCCNC(=O)c1ccccc1[N+](=O)OC. The van der Waals surface area contributed by atoms with Gasteiger partial charge in [-0.1, -0.05) is 25.5 Å². The van der Waals surface area contributed by atoms with Crippen LogP contribution in [0.25, 0.3) is 0 Å². The molecular weight excluding hydrogens is 220 g/mol. The standard InChI is InChI=1S/C12H16N2O3/c1-3-4-9-13-12(15)10-7-5-6-8-11(10)14(16)17-2/h5-8H,3-4,9H2,1-2H3/p+1. The number of benzene rings is 1. The highest BCUT2D eigenvalue weighted by molar-refractivity contribution is 5.97. The van der Waals surface area contributed by atoms with E-state index in [1.54, 1.807) is 24.3 Å². The fraction of sp³-hybridized carbons (Fsp3) is 0.417. The van der Waals surface area contributed by atoms with Crippen molar-refractivity contribution in [3.05, 3.63) is 34.7 Å². The molecule has 1 rings (SSSR count). The fourth-order valence-corrected chi connectivity index (χ4v) is 1.40. The van der Waals surface area contributed by atoms with Crippen LogP contribution in [0.5, 0.6) is 0 Å². The number of hydrogen-bond acceptors (Lipinski definition) is 3. The van der Waals surface area contributed by atoms with Crippen molar-refractivity contribution in [3.8, 4) is 0 Å². The summed E-state index contributed by atoms with van der Waals surface area (Å²) in [6, 6.07) is 6.54. The summed E-state index contributed by atoms with van der Waals surface area (Å²) in [4.78, 5) is 28.1. The van der Waals surface area contributed by atoms with E-state index in [-0.39, 0.29) is 11.6 Å². The Morgan fingerprint density at radius 2 is 2.12 bits per heavy atom. The molecule has 0 heterocycles. The number of unbranched alkanes of at least 4 members (excludes halogenated alkanes) is 1. The molecule has 0 spiro atoms. The highest BCUT2D eigenvalue weighted by atomic mass is 16.8. The van der Waals surface area contributed by atoms with Crippen molar-refractivity contribution in [1.29, 1.82) is 0 Å². The lowest BCUT2D eigenvalue weighted by Gasteiger charge is -2.03. The number of hydrogen-bond donors (Lipinski definition) is 1. The second kappa shape index (κ2) is 6.62. The summed E-state index contributed by atoms with van der Waals surface area (Å²) >= 11 is 0. The first-order chi connectivity index (χ1) is 8.20. The number of rotatable bonds is 6. The van der Waals surface area contributed by atoms with Crippen molar-refractivity contribution in [3.63, 3.8) is 0 Å². The molecule has 0 atom stereocenters. The van der Waals surface area contributed by atoms with Crippen molar-refractivity contribution >= 4 is 11.6 Å². The van der Waals surface area contributed by atoms with Crippen molar-refractivity contribution in [2.24, 2.45) is 0 Å². The van der Waals surface area contributed by atoms with Crippen LogP contribution < -0.4 is 5.32 Å². The topological polar surface area (TPSA) is 58.4 Å². The van der Waals surface area contributed by atoms with Crippen LogP contribution in [0.3, 0.4) is 0 Å². The molecule has 17 heavy (non-hydrogen) atoms. The second-order valence-electron chi connectivity index (χ2n) is 3.57. The summed E-state index contributed by atoms with van der Waals surface area (Å²) < 4.78 is 0. The summed E-state index contributed by atoms with van der Waals surface area (Å²) in [6.07, 6.45) is 1.92. The van der Waals surface area contributed by atoms with Gasteiger partial charge < -0.3 is 5.32 Å². The summed E-state index contributed by atoms with van der Waals surface area (Å²) in [7, 11) is 1.26. The minimum atomic E-state index is -0.257. The van der Waals surface area contributed by atoms with Crippen LogP contribution in [0.1, 0.15) is 30.1 Å². The number of amides is 1. The number of carbonyl (C=O) groups is 1. The van der Waals surface area contributed by atoms with E-state index in [1.807, 2.05) is 6.92 Å². The zero-order chi connectivity index (χ0) is 12.7. The summed E-state index contributed by atoms with van der Waals surface area (Å²) in [5.41, 5.74) is 0.532. The van der Waals surface area contributed by atoms with Crippen LogP contribution in [-0.2, 0) is 4.84 Å². The van der Waals surface area contributed by atoms with Crippen LogP contribution in [0.15, 0.2) is 24.3 Å². The Hall–Kier alpha value is -1.91. The maximum Gasteiger partial charge on any atom is 0.329 e. The van der Waals surface area contributed by atoms with Gasteiger partial charge >= 0.3 is 5.69 Å². The number of carbonyl (C=O) groups excluding carboxylic acids is 1. The Labute approximate surface area is 100 Å². The molecule has 0 aliphatic carbocycles. The zero-order valence-electron chi connectivity index (χ0n) is 10.1. The van der Waals surface area contributed by atoms with Gasteiger partial charge in [-0.2, -0.15) is 0 Å². The van der Waals surface area contributed by atoms with Gasteiger partial charge in [-0.25, -0.2) is 4.84 Å². The molecule has 0 aliphatic rings. The molecule has 0 aromatic heterocycles. The first-order valence-electron chi connectivity index (χ1n) is 5.59. The fourth-order valence-electron chi connectivity index (χ4n) is 1.40. The van der Waals surface area contributed by atoms with Crippen molar-refractivity contribution in [1.82, 2.24) is 5.32 Å².